The van der Waals surface area contributed by atoms with Crippen LogP contribution in [0.15, 0.2) is 53.5 Å². The summed E-state index contributed by atoms with van der Waals surface area (Å²) in [5.41, 5.74) is 5.56. The Morgan fingerprint density at radius 1 is 1.13 bits per heavy atom. The normalized spacial score (nSPS) is 19.3. The summed E-state index contributed by atoms with van der Waals surface area (Å²) >= 11 is 1.66. The third-order valence-corrected chi connectivity index (χ3v) is 7.06. The highest BCUT2D eigenvalue weighted by Crippen LogP contribution is 2.35. The van der Waals surface area contributed by atoms with Crippen molar-refractivity contribution in [1.82, 2.24) is 4.98 Å². The van der Waals surface area contributed by atoms with Crippen LogP contribution in [-0.2, 0) is 4.79 Å². The van der Waals surface area contributed by atoms with Crippen LogP contribution < -0.4 is 5.32 Å². The predicted octanol–water partition coefficient (Wildman–Crippen LogP) is 5.53. The fourth-order valence-electron chi connectivity index (χ4n) is 4.42. The molecule has 3 N–H and O–H groups in total. The molecule has 1 aliphatic heterocycles. The van der Waals surface area contributed by atoms with Gasteiger partial charge in [0.25, 0.3) is 0 Å². The van der Waals surface area contributed by atoms with E-state index in [1.54, 1.807) is 11.8 Å². The fourth-order valence-corrected chi connectivity index (χ4v) is 5.47. The average molecular weight is 420 g/mol. The maximum atomic E-state index is 11.1. The van der Waals surface area contributed by atoms with Gasteiger partial charge in [-0.25, -0.2) is 0 Å². The van der Waals surface area contributed by atoms with Crippen molar-refractivity contribution in [3.63, 3.8) is 0 Å². The van der Waals surface area contributed by atoms with E-state index in [-0.39, 0.29) is 12.5 Å². The largest absolute Gasteiger partial charge is 0.481 e. The standard InChI is InChI=1S/C24H25N3O2S/c28-22(29)13-19-14-30-24(26-19)17-10-16-11-20(15-6-2-1-3-7-15)27-23(16)21(12-17)25-18-8-4-5-9-18/h1-3,6-7,10-12,18-19,25,27H,4-5,8-9,13-14H2,(H,28,29)/t19-/m1/s1. The Balaban J connectivity index is 1.55. The van der Waals surface area contributed by atoms with Crippen LogP contribution in [0, 0.1) is 0 Å². The van der Waals surface area contributed by atoms with Crippen LogP contribution in [0.5, 0.6) is 0 Å². The maximum Gasteiger partial charge on any atom is 0.305 e. The first-order valence-corrected chi connectivity index (χ1v) is 11.6. The second-order valence-electron chi connectivity index (χ2n) is 8.16. The molecule has 30 heavy (non-hydrogen) atoms. The Bertz CT molecular complexity index is 1100. The number of aliphatic carboxylic acids is 1. The molecule has 0 unspecified atom stereocenters. The lowest BCUT2D eigenvalue weighted by atomic mass is 10.1. The molecule has 2 heterocycles. The van der Waals surface area contributed by atoms with Gasteiger partial charge in [-0.3, -0.25) is 9.79 Å². The average Bonchev–Trinajstić information content (AvgIpc) is 3.49. The molecule has 1 aromatic heterocycles. The van der Waals surface area contributed by atoms with Gasteiger partial charge in [0, 0.05) is 28.4 Å². The summed E-state index contributed by atoms with van der Waals surface area (Å²) < 4.78 is 0. The van der Waals surface area contributed by atoms with Crippen LogP contribution in [0.2, 0.25) is 0 Å². The number of carboxylic acids is 1. The molecule has 154 valence electrons. The Kier molecular flexibility index (Phi) is 5.25. The van der Waals surface area contributed by atoms with Crippen LogP contribution in [0.1, 0.15) is 37.7 Å². The minimum absolute atomic E-state index is 0.0915. The fraction of sp³-hybridized carbons (Fsp3) is 0.333. The van der Waals surface area contributed by atoms with Crippen molar-refractivity contribution in [2.75, 3.05) is 11.1 Å². The van der Waals surface area contributed by atoms with Gasteiger partial charge in [0.2, 0.25) is 0 Å². The molecule has 1 aliphatic carbocycles. The summed E-state index contributed by atoms with van der Waals surface area (Å²) in [5.74, 6) is -0.0595. The Morgan fingerprint density at radius 2 is 1.93 bits per heavy atom. The van der Waals surface area contributed by atoms with E-state index in [0.29, 0.717) is 6.04 Å². The molecule has 1 fully saturated rings. The monoisotopic (exact) mass is 419 g/mol. The van der Waals surface area contributed by atoms with E-state index >= 15 is 0 Å². The molecule has 0 saturated heterocycles. The van der Waals surface area contributed by atoms with E-state index < -0.39 is 5.97 Å². The molecule has 0 spiro atoms. The van der Waals surface area contributed by atoms with Crippen LogP contribution in [0.25, 0.3) is 22.2 Å². The summed E-state index contributed by atoms with van der Waals surface area (Å²) in [7, 11) is 0. The predicted molar refractivity (Wildman–Crippen MR) is 125 cm³/mol. The SMILES string of the molecule is O=C(O)C[C@@H]1CSC(c2cc(NC3CCCC3)c3[nH]c(-c4ccccc4)cc3c2)=N1. The second kappa shape index (κ2) is 8.19. The molecule has 3 aromatic rings. The molecule has 5 rings (SSSR count). The molecule has 2 aromatic carbocycles. The van der Waals surface area contributed by atoms with Gasteiger partial charge in [-0.1, -0.05) is 43.2 Å². The number of thioether (sulfide) groups is 1. The van der Waals surface area contributed by atoms with Gasteiger partial charge in [0.1, 0.15) is 0 Å². The molecule has 0 radical (unpaired) electrons. The van der Waals surface area contributed by atoms with Crippen LogP contribution in [0.3, 0.4) is 0 Å². The molecule has 1 atom stereocenters. The van der Waals surface area contributed by atoms with E-state index in [9.17, 15) is 4.79 Å². The number of aliphatic imine (C=N–C) groups is 1. The number of nitrogens with one attached hydrogen (secondary N) is 2. The number of hydrogen-bond acceptors (Lipinski definition) is 4. The van der Waals surface area contributed by atoms with Crippen molar-refractivity contribution in [3.8, 4) is 11.3 Å². The minimum atomic E-state index is -0.789. The molecule has 5 nitrogen and oxygen atoms in total. The molecule has 0 bridgehead atoms. The zero-order valence-electron chi connectivity index (χ0n) is 16.7. The van der Waals surface area contributed by atoms with Gasteiger partial charge in [-0.2, -0.15) is 0 Å². The van der Waals surface area contributed by atoms with Crippen molar-refractivity contribution in [3.05, 3.63) is 54.1 Å². The zero-order chi connectivity index (χ0) is 20.5. The Labute approximate surface area is 180 Å². The quantitative estimate of drug-likeness (QED) is 0.491. The van der Waals surface area contributed by atoms with Crippen LogP contribution in [-0.4, -0.2) is 38.9 Å². The van der Waals surface area contributed by atoms with E-state index in [2.05, 4.69) is 52.8 Å². The lowest BCUT2D eigenvalue weighted by Gasteiger charge is -2.16. The molecule has 6 heteroatoms. The third kappa shape index (κ3) is 3.97. The van der Waals surface area contributed by atoms with Gasteiger partial charge in [0.15, 0.2) is 0 Å². The first kappa shape index (κ1) is 19.2. The first-order chi connectivity index (χ1) is 14.7. The van der Waals surface area contributed by atoms with Gasteiger partial charge >= 0.3 is 5.97 Å². The number of nitrogens with zero attached hydrogens (tertiary/aromatic N) is 1. The van der Waals surface area contributed by atoms with Gasteiger partial charge in [0.05, 0.1) is 28.7 Å². The number of rotatable bonds is 6. The molecular formula is C24H25N3O2S. The number of carbonyl (C=O) groups is 1. The van der Waals surface area contributed by atoms with Crippen LogP contribution in [0.4, 0.5) is 5.69 Å². The smallest absolute Gasteiger partial charge is 0.305 e. The summed E-state index contributed by atoms with van der Waals surface area (Å²) in [6.07, 6.45) is 5.05. The number of H-pyrrole nitrogens is 1. The van der Waals surface area contributed by atoms with Crippen LogP contribution >= 0.6 is 11.8 Å². The maximum absolute atomic E-state index is 11.1. The van der Waals surface area contributed by atoms with Gasteiger partial charge < -0.3 is 15.4 Å². The number of benzene rings is 2. The van der Waals surface area contributed by atoms with E-state index in [1.807, 2.05) is 6.07 Å². The lowest BCUT2D eigenvalue weighted by molar-refractivity contribution is -0.137. The van der Waals surface area contributed by atoms with E-state index in [1.165, 1.54) is 25.7 Å². The van der Waals surface area contributed by atoms with E-state index in [4.69, 9.17) is 10.1 Å². The number of hydrogen-bond donors (Lipinski definition) is 3. The van der Waals surface area contributed by atoms with Crippen molar-refractivity contribution >= 4 is 39.4 Å². The number of aromatic amines is 1. The number of fused-ring (bicyclic) bond motifs is 1. The first-order valence-electron chi connectivity index (χ1n) is 10.6. The van der Waals surface area contributed by atoms with Crippen molar-refractivity contribution < 1.29 is 9.90 Å². The number of aromatic nitrogens is 1. The summed E-state index contributed by atoms with van der Waals surface area (Å²) in [5, 5.41) is 15.0. The summed E-state index contributed by atoms with van der Waals surface area (Å²) in [6, 6.07) is 17.3. The van der Waals surface area contributed by atoms with Gasteiger partial charge in [-0.15, -0.1) is 11.8 Å². The van der Waals surface area contributed by atoms with E-state index in [0.717, 1.165) is 44.2 Å². The van der Waals surface area contributed by atoms with Gasteiger partial charge in [-0.05, 0) is 36.6 Å². The minimum Gasteiger partial charge on any atom is -0.481 e. The van der Waals surface area contributed by atoms with Crippen molar-refractivity contribution in [2.45, 2.75) is 44.2 Å². The number of carboxylic acid groups (broad SMARTS) is 1. The third-order valence-electron chi connectivity index (χ3n) is 5.90. The molecular weight excluding hydrogens is 394 g/mol. The van der Waals surface area contributed by atoms with Crippen molar-refractivity contribution in [1.29, 1.82) is 0 Å². The zero-order valence-corrected chi connectivity index (χ0v) is 17.5. The summed E-state index contributed by atoms with van der Waals surface area (Å²) in [4.78, 5) is 19.4. The highest BCUT2D eigenvalue weighted by Gasteiger charge is 2.24. The molecule has 0 amide bonds. The highest BCUT2D eigenvalue weighted by atomic mass is 32.2. The lowest BCUT2D eigenvalue weighted by Crippen LogP contribution is -2.15. The van der Waals surface area contributed by atoms with Crippen molar-refractivity contribution in [2.24, 2.45) is 4.99 Å². The molecule has 1 saturated carbocycles. The second-order valence-corrected chi connectivity index (χ2v) is 9.17. The topological polar surface area (TPSA) is 77.5 Å². The number of anilines is 1. The Hall–Kier alpha value is -2.73. The molecule has 2 aliphatic rings. The highest BCUT2D eigenvalue weighted by molar-refractivity contribution is 8.14. The summed E-state index contributed by atoms with van der Waals surface area (Å²) in [6.45, 7) is 0. The Morgan fingerprint density at radius 3 is 2.70 bits per heavy atom.